The Morgan fingerprint density at radius 1 is 1.11 bits per heavy atom. The number of pyridine rings is 1. The van der Waals surface area contributed by atoms with Crippen LogP contribution in [0.15, 0.2) is 34.9 Å². The van der Waals surface area contributed by atoms with Crippen molar-refractivity contribution in [3.8, 4) is 11.4 Å². The van der Waals surface area contributed by atoms with Crippen LogP contribution in [0.2, 0.25) is 0 Å². The van der Waals surface area contributed by atoms with Gasteiger partial charge in [-0.15, -0.1) is 0 Å². The minimum Gasteiger partial charge on any atom is -0.337 e. The number of aromatic nitrogens is 3. The summed E-state index contributed by atoms with van der Waals surface area (Å²) in [4.78, 5) is 12.1. The molecule has 0 radical (unpaired) electrons. The molecule has 0 fully saturated rings. The number of hydrogen-bond acceptors (Lipinski definition) is 2. The zero-order chi connectivity index (χ0) is 12.7. The lowest BCUT2D eigenvalue weighted by atomic mass is 10.1. The molecule has 2 aromatic heterocycles. The smallest absolute Gasteiger partial charge is 0.178 e. The van der Waals surface area contributed by atoms with Gasteiger partial charge in [-0.05, 0) is 53.0 Å². The largest absolute Gasteiger partial charge is 0.337 e. The molecule has 3 rings (SSSR count). The molecule has 0 amide bonds. The van der Waals surface area contributed by atoms with E-state index in [4.69, 9.17) is 0 Å². The zero-order valence-corrected chi connectivity index (χ0v) is 11.7. The molecule has 0 saturated carbocycles. The van der Waals surface area contributed by atoms with Gasteiger partial charge in [0.2, 0.25) is 0 Å². The molecular formula is C14H12BrN3. The lowest BCUT2D eigenvalue weighted by Gasteiger charge is -2.01. The summed E-state index contributed by atoms with van der Waals surface area (Å²) in [6.45, 7) is 4.22. The quantitative estimate of drug-likeness (QED) is 0.738. The van der Waals surface area contributed by atoms with E-state index in [2.05, 4.69) is 62.9 Å². The van der Waals surface area contributed by atoms with E-state index in [-0.39, 0.29) is 0 Å². The van der Waals surface area contributed by atoms with Crippen molar-refractivity contribution in [3.05, 3.63) is 46.1 Å². The summed E-state index contributed by atoms with van der Waals surface area (Å²) in [5, 5.41) is 0. The lowest BCUT2D eigenvalue weighted by molar-refractivity contribution is 1.28. The van der Waals surface area contributed by atoms with E-state index >= 15 is 0 Å². The fourth-order valence-corrected chi connectivity index (χ4v) is 2.23. The van der Waals surface area contributed by atoms with Gasteiger partial charge in [0, 0.05) is 16.2 Å². The van der Waals surface area contributed by atoms with E-state index in [1.807, 2.05) is 6.07 Å². The number of halogens is 1. The lowest BCUT2D eigenvalue weighted by Crippen LogP contribution is -1.85. The van der Waals surface area contributed by atoms with Gasteiger partial charge in [0.15, 0.2) is 5.65 Å². The zero-order valence-electron chi connectivity index (χ0n) is 10.2. The first-order chi connectivity index (χ1) is 8.63. The predicted molar refractivity (Wildman–Crippen MR) is 76.5 cm³/mol. The minimum atomic E-state index is 0.742. The fraction of sp³-hybridized carbons (Fsp3) is 0.143. The average molecular weight is 302 g/mol. The molecule has 1 N–H and O–H groups in total. The van der Waals surface area contributed by atoms with Crippen LogP contribution in [0.3, 0.4) is 0 Å². The van der Waals surface area contributed by atoms with E-state index in [0.29, 0.717) is 0 Å². The van der Waals surface area contributed by atoms with Crippen LogP contribution < -0.4 is 0 Å². The van der Waals surface area contributed by atoms with Crippen LogP contribution in [0.25, 0.3) is 22.6 Å². The highest BCUT2D eigenvalue weighted by Crippen LogP contribution is 2.23. The highest BCUT2D eigenvalue weighted by atomic mass is 79.9. The number of fused-ring (bicyclic) bond motifs is 1. The van der Waals surface area contributed by atoms with Gasteiger partial charge < -0.3 is 4.98 Å². The monoisotopic (exact) mass is 301 g/mol. The molecule has 0 bridgehead atoms. The third kappa shape index (κ3) is 1.93. The summed E-state index contributed by atoms with van der Waals surface area (Å²) in [5.41, 5.74) is 5.33. The van der Waals surface area contributed by atoms with Crippen molar-refractivity contribution in [2.45, 2.75) is 13.8 Å². The Hall–Kier alpha value is -1.68. The van der Waals surface area contributed by atoms with Crippen molar-refractivity contribution in [3.63, 3.8) is 0 Å². The highest BCUT2D eigenvalue weighted by Gasteiger charge is 2.07. The molecule has 4 heteroatoms. The van der Waals surface area contributed by atoms with Crippen molar-refractivity contribution in [2.24, 2.45) is 0 Å². The molecule has 1 aromatic carbocycles. The van der Waals surface area contributed by atoms with Gasteiger partial charge in [0.05, 0.1) is 5.52 Å². The normalized spacial score (nSPS) is 11.1. The molecule has 0 aliphatic heterocycles. The molecule has 0 aliphatic carbocycles. The van der Waals surface area contributed by atoms with Gasteiger partial charge in [0.25, 0.3) is 0 Å². The maximum absolute atomic E-state index is 4.51. The van der Waals surface area contributed by atoms with Gasteiger partial charge in [-0.3, -0.25) is 0 Å². The van der Waals surface area contributed by atoms with Crippen LogP contribution in [0.5, 0.6) is 0 Å². The maximum atomic E-state index is 4.51. The van der Waals surface area contributed by atoms with Crippen LogP contribution >= 0.6 is 15.9 Å². The topological polar surface area (TPSA) is 41.6 Å². The Morgan fingerprint density at radius 2 is 1.94 bits per heavy atom. The number of nitrogens with zero attached hydrogens (tertiary/aromatic N) is 2. The van der Waals surface area contributed by atoms with E-state index in [1.165, 1.54) is 11.1 Å². The molecule has 0 atom stereocenters. The molecule has 2 heterocycles. The molecule has 0 saturated heterocycles. The summed E-state index contributed by atoms with van der Waals surface area (Å²) in [6, 6.07) is 8.32. The van der Waals surface area contributed by atoms with Gasteiger partial charge in [-0.25, -0.2) is 9.97 Å². The van der Waals surface area contributed by atoms with E-state index in [0.717, 1.165) is 27.0 Å². The molecule has 0 unspecified atom stereocenters. The van der Waals surface area contributed by atoms with E-state index in [1.54, 1.807) is 6.20 Å². The minimum absolute atomic E-state index is 0.742. The van der Waals surface area contributed by atoms with Crippen molar-refractivity contribution in [1.29, 1.82) is 0 Å². The first kappa shape index (κ1) is 11.4. The summed E-state index contributed by atoms with van der Waals surface area (Å²) in [6.07, 6.45) is 1.76. The van der Waals surface area contributed by atoms with E-state index < -0.39 is 0 Å². The summed E-state index contributed by atoms with van der Waals surface area (Å²) >= 11 is 3.41. The summed E-state index contributed by atoms with van der Waals surface area (Å²) in [5.74, 6) is 0.860. The summed E-state index contributed by atoms with van der Waals surface area (Å²) in [7, 11) is 0. The second kappa shape index (κ2) is 4.21. The van der Waals surface area contributed by atoms with E-state index in [9.17, 15) is 0 Å². The number of imidazole rings is 1. The van der Waals surface area contributed by atoms with Crippen molar-refractivity contribution >= 4 is 27.1 Å². The van der Waals surface area contributed by atoms with Crippen LogP contribution in [-0.4, -0.2) is 15.0 Å². The van der Waals surface area contributed by atoms with Crippen molar-refractivity contribution < 1.29 is 0 Å². The van der Waals surface area contributed by atoms with Crippen LogP contribution in [-0.2, 0) is 0 Å². The first-order valence-electron chi connectivity index (χ1n) is 5.72. The van der Waals surface area contributed by atoms with Gasteiger partial charge in [0.1, 0.15) is 5.82 Å². The second-order valence-electron chi connectivity index (χ2n) is 4.41. The Bertz CT molecular complexity index is 731. The molecular weight excluding hydrogens is 290 g/mol. The predicted octanol–water partition coefficient (Wildman–Crippen LogP) is 4.00. The Labute approximate surface area is 113 Å². The number of rotatable bonds is 1. The number of hydrogen-bond donors (Lipinski definition) is 1. The molecule has 3 aromatic rings. The van der Waals surface area contributed by atoms with Crippen molar-refractivity contribution in [1.82, 2.24) is 15.0 Å². The van der Waals surface area contributed by atoms with Gasteiger partial charge >= 0.3 is 0 Å². The van der Waals surface area contributed by atoms with Gasteiger partial charge in [-0.1, -0.05) is 12.1 Å². The molecule has 0 spiro atoms. The SMILES string of the molecule is Cc1ccc(-c2nc3ncc(Br)cc3[nH]2)cc1C. The third-order valence-electron chi connectivity index (χ3n) is 3.08. The van der Waals surface area contributed by atoms with Crippen LogP contribution in [0.4, 0.5) is 0 Å². The fourth-order valence-electron chi connectivity index (χ4n) is 1.90. The Morgan fingerprint density at radius 3 is 2.72 bits per heavy atom. The molecule has 90 valence electrons. The molecule has 0 aliphatic rings. The molecule has 3 nitrogen and oxygen atoms in total. The first-order valence-corrected chi connectivity index (χ1v) is 6.52. The third-order valence-corrected chi connectivity index (χ3v) is 3.52. The Kier molecular flexibility index (Phi) is 2.67. The maximum Gasteiger partial charge on any atom is 0.178 e. The number of nitrogens with one attached hydrogen (secondary N) is 1. The molecule has 18 heavy (non-hydrogen) atoms. The van der Waals surface area contributed by atoms with Gasteiger partial charge in [-0.2, -0.15) is 0 Å². The number of aromatic amines is 1. The standard InChI is InChI=1S/C14H12BrN3/c1-8-3-4-10(5-9(8)2)13-17-12-6-11(15)7-16-14(12)18-13/h3-7H,1-2H3,(H,16,17,18). The van der Waals surface area contributed by atoms with Crippen molar-refractivity contribution in [2.75, 3.05) is 0 Å². The Balaban J connectivity index is 2.16. The highest BCUT2D eigenvalue weighted by molar-refractivity contribution is 9.10. The summed E-state index contributed by atoms with van der Waals surface area (Å²) < 4.78 is 0.949. The van der Waals surface area contributed by atoms with Crippen LogP contribution in [0.1, 0.15) is 11.1 Å². The number of aryl methyl sites for hydroxylation is 2. The second-order valence-corrected chi connectivity index (χ2v) is 5.32. The number of H-pyrrole nitrogens is 1. The van der Waals surface area contributed by atoms with Crippen LogP contribution in [0, 0.1) is 13.8 Å². The number of benzene rings is 1. The average Bonchev–Trinajstić information content (AvgIpc) is 2.75.